The van der Waals surface area contributed by atoms with Crippen LogP contribution in [-0.2, 0) is 4.79 Å². The maximum absolute atomic E-state index is 10.9. The molecule has 1 N–H and O–H groups in total. The number of allylic oxidation sites excluding steroid dienone is 1. The summed E-state index contributed by atoms with van der Waals surface area (Å²) in [6.07, 6.45) is 6.13. The molecule has 0 bridgehead atoms. The predicted molar refractivity (Wildman–Crippen MR) is 64.7 cm³/mol. The summed E-state index contributed by atoms with van der Waals surface area (Å²) in [7, 11) is 0. The van der Waals surface area contributed by atoms with Crippen LogP contribution in [0.1, 0.15) is 5.56 Å². The zero-order valence-electron chi connectivity index (χ0n) is 8.38. The Bertz CT molecular complexity index is 380. The molecule has 78 valence electrons. The van der Waals surface area contributed by atoms with Gasteiger partial charge in [0.1, 0.15) is 5.76 Å². The molecule has 0 aliphatic heterocycles. The molecule has 0 unspecified atom stereocenters. The lowest BCUT2D eigenvalue weighted by atomic mass is 10.2. The molecule has 0 spiro atoms. The van der Waals surface area contributed by atoms with E-state index in [-0.39, 0.29) is 10.9 Å². The van der Waals surface area contributed by atoms with Gasteiger partial charge in [0, 0.05) is 6.08 Å². The molecule has 0 atom stereocenters. The van der Waals surface area contributed by atoms with E-state index in [4.69, 9.17) is 0 Å². The molecule has 1 rings (SSSR count). The second-order valence-corrected chi connectivity index (χ2v) is 3.65. The van der Waals surface area contributed by atoms with Crippen LogP contribution in [0.2, 0.25) is 0 Å². The summed E-state index contributed by atoms with van der Waals surface area (Å²) in [5, 5.41) is 9.19. The second kappa shape index (κ2) is 6.09. The molecule has 0 fully saturated rings. The van der Waals surface area contributed by atoms with Crippen molar-refractivity contribution in [3.63, 3.8) is 0 Å². The first-order valence-electron chi connectivity index (χ1n) is 4.44. The average molecular weight is 220 g/mol. The van der Waals surface area contributed by atoms with Gasteiger partial charge in [-0.2, -0.15) is 0 Å². The molecule has 0 radical (unpaired) electrons. The van der Waals surface area contributed by atoms with E-state index in [1.165, 1.54) is 12.2 Å². The van der Waals surface area contributed by atoms with E-state index in [0.717, 1.165) is 17.3 Å². The number of hydrogen-bond donors (Lipinski definition) is 1. The highest BCUT2D eigenvalue weighted by atomic mass is 32.2. The maximum atomic E-state index is 10.9. The van der Waals surface area contributed by atoms with E-state index < -0.39 is 0 Å². The molecular formula is C12H12O2S. The molecule has 0 saturated heterocycles. The highest BCUT2D eigenvalue weighted by Crippen LogP contribution is 2.05. The Kier molecular flexibility index (Phi) is 4.71. The average Bonchev–Trinajstić information content (AvgIpc) is 2.27. The molecule has 0 aliphatic rings. The Morgan fingerprint density at radius 2 is 2.00 bits per heavy atom. The summed E-state index contributed by atoms with van der Waals surface area (Å²) in [6, 6.07) is 9.57. The van der Waals surface area contributed by atoms with Gasteiger partial charge in [0.2, 0.25) is 5.12 Å². The largest absolute Gasteiger partial charge is 0.508 e. The molecule has 2 nitrogen and oxygen atoms in total. The number of carbonyl (C=O) groups is 1. The lowest BCUT2D eigenvalue weighted by Crippen LogP contribution is -1.85. The number of thioether (sulfide) groups is 1. The number of aliphatic hydroxyl groups excluding tert-OH is 1. The van der Waals surface area contributed by atoms with E-state index >= 15 is 0 Å². The van der Waals surface area contributed by atoms with Gasteiger partial charge in [0.15, 0.2) is 0 Å². The first-order chi connectivity index (χ1) is 7.22. The predicted octanol–water partition coefficient (Wildman–Crippen LogP) is 3.03. The van der Waals surface area contributed by atoms with E-state index in [1.807, 2.05) is 30.3 Å². The molecule has 15 heavy (non-hydrogen) atoms. The molecule has 0 aromatic heterocycles. The molecule has 1 aromatic carbocycles. The normalized spacial score (nSPS) is 11.9. The smallest absolute Gasteiger partial charge is 0.215 e. The van der Waals surface area contributed by atoms with Gasteiger partial charge in [-0.05, 0) is 17.9 Å². The number of rotatable bonds is 3. The van der Waals surface area contributed by atoms with Crippen LogP contribution in [0.25, 0.3) is 6.08 Å². The standard InChI is InChI=1S/C12H12O2S/c1-15-12(14)9-11(13)8-7-10-5-3-2-4-6-10/h2-9,13H,1H3. The van der Waals surface area contributed by atoms with Crippen LogP contribution in [0.4, 0.5) is 0 Å². The highest BCUT2D eigenvalue weighted by molar-refractivity contribution is 8.13. The third kappa shape index (κ3) is 4.51. The molecule has 3 heteroatoms. The van der Waals surface area contributed by atoms with Crippen molar-refractivity contribution in [3.8, 4) is 0 Å². The first kappa shape index (κ1) is 11.6. The van der Waals surface area contributed by atoms with Crippen molar-refractivity contribution < 1.29 is 9.90 Å². The summed E-state index contributed by atoms with van der Waals surface area (Å²) in [6.45, 7) is 0. The van der Waals surface area contributed by atoms with Gasteiger partial charge in [0.05, 0.1) is 0 Å². The fraction of sp³-hybridized carbons (Fsp3) is 0.0833. The van der Waals surface area contributed by atoms with E-state index in [0.29, 0.717) is 0 Å². The Hall–Kier alpha value is -1.48. The number of carbonyl (C=O) groups excluding carboxylic acids is 1. The van der Waals surface area contributed by atoms with Crippen molar-refractivity contribution in [3.05, 3.63) is 53.8 Å². The highest BCUT2D eigenvalue weighted by Gasteiger charge is 1.94. The van der Waals surface area contributed by atoms with Crippen LogP contribution in [0.15, 0.2) is 48.2 Å². The summed E-state index contributed by atoms with van der Waals surface area (Å²) in [4.78, 5) is 10.9. The zero-order valence-corrected chi connectivity index (χ0v) is 9.20. The quantitative estimate of drug-likeness (QED) is 0.483. The lowest BCUT2D eigenvalue weighted by Gasteiger charge is -1.92. The fourth-order valence-electron chi connectivity index (χ4n) is 0.974. The molecule has 0 aliphatic carbocycles. The van der Waals surface area contributed by atoms with Crippen molar-refractivity contribution >= 4 is 23.0 Å². The summed E-state index contributed by atoms with van der Waals surface area (Å²) in [5.41, 5.74) is 0.981. The van der Waals surface area contributed by atoms with Gasteiger partial charge < -0.3 is 5.11 Å². The van der Waals surface area contributed by atoms with Crippen LogP contribution in [0.5, 0.6) is 0 Å². The topological polar surface area (TPSA) is 37.3 Å². The Labute approximate surface area is 93.3 Å². The monoisotopic (exact) mass is 220 g/mol. The molecule has 0 amide bonds. The molecule has 0 saturated carbocycles. The van der Waals surface area contributed by atoms with Crippen LogP contribution < -0.4 is 0 Å². The van der Waals surface area contributed by atoms with Crippen LogP contribution in [0.3, 0.4) is 0 Å². The van der Waals surface area contributed by atoms with Gasteiger partial charge in [-0.25, -0.2) is 0 Å². The van der Waals surface area contributed by atoms with Gasteiger partial charge in [-0.1, -0.05) is 48.2 Å². The third-order valence-electron chi connectivity index (χ3n) is 1.71. The van der Waals surface area contributed by atoms with Crippen molar-refractivity contribution in [2.24, 2.45) is 0 Å². The Morgan fingerprint density at radius 1 is 1.33 bits per heavy atom. The van der Waals surface area contributed by atoms with E-state index in [2.05, 4.69) is 0 Å². The van der Waals surface area contributed by atoms with Crippen LogP contribution in [0, 0.1) is 0 Å². The maximum Gasteiger partial charge on any atom is 0.215 e. The number of hydrogen-bond acceptors (Lipinski definition) is 3. The zero-order chi connectivity index (χ0) is 11.1. The number of benzene rings is 1. The van der Waals surface area contributed by atoms with Crippen molar-refractivity contribution in [2.45, 2.75) is 0 Å². The van der Waals surface area contributed by atoms with Crippen molar-refractivity contribution in [1.29, 1.82) is 0 Å². The summed E-state index contributed by atoms with van der Waals surface area (Å²) in [5.74, 6) is -0.0294. The van der Waals surface area contributed by atoms with Gasteiger partial charge in [-0.15, -0.1) is 0 Å². The van der Waals surface area contributed by atoms with E-state index in [1.54, 1.807) is 12.3 Å². The lowest BCUT2D eigenvalue weighted by molar-refractivity contribution is -0.107. The number of aliphatic hydroxyl groups is 1. The Morgan fingerprint density at radius 3 is 2.60 bits per heavy atom. The van der Waals surface area contributed by atoms with Crippen LogP contribution in [-0.4, -0.2) is 16.5 Å². The minimum absolute atomic E-state index is 0.0294. The van der Waals surface area contributed by atoms with Gasteiger partial charge in [-0.3, -0.25) is 4.79 Å². The summed E-state index contributed by atoms with van der Waals surface area (Å²) >= 11 is 1.07. The summed E-state index contributed by atoms with van der Waals surface area (Å²) < 4.78 is 0. The molecule has 1 aromatic rings. The molecular weight excluding hydrogens is 208 g/mol. The van der Waals surface area contributed by atoms with Crippen molar-refractivity contribution in [1.82, 2.24) is 0 Å². The third-order valence-corrected chi connectivity index (χ3v) is 2.23. The van der Waals surface area contributed by atoms with E-state index in [9.17, 15) is 9.90 Å². The van der Waals surface area contributed by atoms with Crippen molar-refractivity contribution in [2.75, 3.05) is 6.26 Å². The van der Waals surface area contributed by atoms with Crippen LogP contribution >= 0.6 is 11.8 Å². The SMILES string of the molecule is CSC(=O)C=C(O)C=Cc1ccccc1. The minimum atomic E-state index is -0.162. The first-order valence-corrected chi connectivity index (χ1v) is 5.66. The Balaban J connectivity index is 2.66. The fourth-order valence-corrected chi connectivity index (χ4v) is 1.21. The van der Waals surface area contributed by atoms with Gasteiger partial charge in [0.25, 0.3) is 0 Å². The minimum Gasteiger partial charge on any atom is -0.508 e. The second-order valence-electron chi connectivity index (χ2n) is 2.84. The van der Waals surface area contributed by atoms with Gasteiger partial charge >= 0.3 is 0 Å². The molecule has 0 heterocycles.